The predicted octanol–water partition coefficient (Wildman–Crippen LogP) is 3.61. The van der Waals surface area contributed by atoms with Gasteiger partial charge >= 0.3 is 0 Å². The zero-order valence-electron chi connectivity index (χ0n) is 12.5. The molecule has 0 fully saturated rings. The summed E-state index contributed by atoms with van der Waals surface area (Å²) in [5.74, 6) is 0.185. The molecule has 3 rings (SSSR count). The number of nitrogens with zero attached hydrogens (tertiary/aromatic N) is 2. The molecule has 0 atom stereocenters. The summed E-state index contributed by atoms with van der Waals surface area (Å²) in [6.45, 7) is 0.344. The molecule has 0 unspecified atom stereocenters. The molecule has 0 spiro atoms. The first-order chi connectivity index (χ1) is 11.6. The lowest BCUT2D eigenvalue weighted by molar-refractivity contribution is -0.384. The van der Waals surface area contributed by atoms with E-state index in [-0.39, 0.29) is 17.3 Å². The van der Waals surface area contributed by atoms with Crippen LogP contribution in [0.1, 0.15) is 5.56 Å². The van der Waals surface area contributed by atoms with E-state index >= 15 is 0 Å². The van der Waals surface area contributed by atoms with Gasteiger partial charge in [-0.2, -0.15) is 0 Å². The fourth-order valence-electron chi connectivity index (χ4n) is 2.03. The summed E-state index contributed by atoms with van der Waals surface area (Å²) < 4.78 is 1.97. The quantitative estimate of drug-likeness (QED) is 0.413. The Bertz CT molecular complexity index is 845. The van der Waals surface area contributed by atoms with E-state index in [1.165, 1.54) is 23.9 Å². The van der Waals surface area contributed by atoms with Crippen LogP contribution in [0.15, 0.2) is 52.9 Å². The molecular formula is C16H13N3O3S2. The molecule has 0 radical (unpaired) electrons. The number of thioether (sulfide) groups is 1. The summed E-state index contributed by atoms with van der Waals surface area (Å²) in [5, 5.41) is 13.4. The first kappa shape index (κ1) is 16.4. The second-order valence-corrected chi connectivity index (χ2v) is 7.19. The number of thiazole rings is 1. The minimum absolute atomic E-state index is 0.0384. The number of fused-ring (bicyclic) bond motifs is 1. The van der Waals surface area contributed by atoms with Crippen LogP contribution in [0.2, 0.25) is 0 Å². The van der Waals surface area contributed by atoms with Crippen LogP contribution in [0.25, 0.3) is 10.2 Å². The summed E-state index contributed by atoms with van der Waals surface area (Å²) in [6.07, 6.45) is 0. The lowest BCUT2D eigenvalue weighted by Crippen LogP contribution is -2.24. The fourth-order valence-corrected chi connectivity index (χ4v) is 3.93. The summed E-state index contributed by atoms with van der Waals surface area (Å²) >= 11 is 2.97. The maximum Gasteiger partial charge on any atom is 0.269 e. The Morgan fingerprint density at radius 3 is 2.67 bits per heavy atom. The highest BCUT2D eigenvalue weighted by Gasteiger charge is 2.08. The van der Waals surface area contributed by atoms with Crippen molar-refractivity contribution < 1.29 is 9.72 Å². The molecule has 0 bridgehead atoms. The molecule has 1 heterocycles. The highest BCUT2D eigenvalue weighted by molar-refractivity contribution is 8.01. The molecule has 0 saturated carbocycles. The maximum atomic E-state index is 11.9. The lowest BCUT2D eigenvalue weighted by atomic mass is 10.2. The summed E-state index contributed by atoms with van der Waals surface area (Å²) in [4.78, 5) is 26.5. The van der Waals surface area contributed by atoms with Crippen molar-refractivity contribution in [2.24, 2.45) is 0 Å². The van der Waals surface area contributed by atoms with Gasteiger partial charge in [-0.1, -0.05) is 36.0 Å². The summed E-state index contributed by atoms with van der Waals surface area (Å²) in [7, 11) is 0. The molecule has 2 aromatic carbocycles. The molecule has 1 aromatic heterocycles. The average molecular weight is 359 g/mol. The lowest BCUT2D eigenvalue weighted by Gasteiger charge is -2.04. The number of nitro groups is 1. The van der Waals surface area contributed by atoms with Crippen molar-refractivity contribution >= 4 is 44.9 Å². The Morgan fingerprint density at radius 2 is 1.96 bits per heavy atom. The van der Waals surface area contributed by atoms with Crippen molar-refractivity contribution in [3.05, 3.63) is 64.2 Å². The SMILES string of the molecule is O=C(CSc1nc2ccccc2s1)NCc1ccc([N+](=O)[O-])cc1. The summed E-state index contributed by atoms with van der Waals surface area (Å²) in [6, 6.07) is 14.0. The number of carbonyl (C=O) groups excluding carboxylic acids is 1. The van der Waals surface area contributed by atoms with Gasteiger partial charge in [0.05, 0.1) is 20.9 Å². The minimum atomic E-state index is -0.447. The third kappa shape index (κ3) is 4.09. The number of nitro benzene ring substituents is 1. The van der Waals surface area contributed by atoms with E-state index in [4.69, 9.17) is 0 Å². The maximum absolute atomic E-state index is 11.9. The van der Waals surface area contributed by atoms with Crippen LogP contribution < -0.4 is 5.32 Å². The van der Waals surface area contributed by atoms with Crippen molar-refractivity contribution in [1.29, 1.82) is 0 Å². The number of carbonyl (C=O) groups is 1. The van der Waals surface area contributed by atoms with Gasteiger partial charge in [-0.25, -0.2) is 4.98 Å². The zero-order valence-corrected chi connectivity index (χ0v) is 14.1. The first-order valence-electron chi connectivity index (χ1n) is 7.10. The first-order valence-corrected chi connectivity index (χ1v) is 8.90. The van der Waals surface area contributed by atoms with Crippen molar-refractivity contribution in [1.82, 2.24) is 10.3 Å². The Kier molecular flexibility index (Phi) is 5.07. The molecule has 24 heavy (non-hydrogen) atoms. The smallest absolute Gasteiger partial charge is 0.269 e. The van der Waals surface area contributed by atoms with E-state index < -0.39 is 4.92 Å². The molecule has 1 amide bonds. The number of para-hydroxylation sites is 1. The Labute approximate surface area is 146 Å². The second kappa shape index (κ2) is 7.41. The highest BCUT2D eigenvalue weighted by Crippen LogP contribution is 2.29. The van der Waals surface area contributed by atoms with Gasteiger partial charge in [0.2, 0.25) is 5.91 Å². The van der Waals surface area contributed by atoms with E-state index in [9.17, 15) is 14.9 Å². The number of amides is 1. The Hall–Kier alpha value is -2.45. The molecule has 122 valence electrons. The Morgan fingerprint density at radius 1 is 1.21 bits per heavy atom. The van der Waals surface area contributed by atoms with E-state index in [1.54, 1.807) is 23.5 Å². The third-order valence-corrected chi connectivity index (χ3v) is 5.42. The van der Waals surface area contributed by atoms with Gasteiger partial charge in [-0.15, -0.1) is 11.3 Å². The van der Waals surface area contributed by atoms with Crippen LogP contribution in [0.4, 0.5) is 5.69 Å². The second-order valence-electron chi connectivity index (χ2n) is 4.94. The monoisotopic (exact) mass is 359 g/mol. The highest BCUT2D eigenvalue weighted by atomic mass is 32.2. The number of hydrogen-bond donors (Lipinski definition) is 1. The van der Waals surface area contributed by atoms with E-state index in [1.807, 2.05) is 24.3 Å². The van der Waals surface area contributed by atoms with Crippen LogP contribution in [0, 0.1) is 10.1 Å². The number of rotatable bonds is 6. The molecule has 3 aromatic rings. The van der Waals surface area contributed by atoms with Gasteiger partial charge in [-0.3, -0.25) is 14.9 Å². The molecular weight excluding hydrogens is 346 g/mol. The van der Waals surface area contributed by atoms with Gasteiger partial charge in [0, 0.05) is 18.7 Å². The van der Waals surface area contributed by atoms with Crippen LogP contribution in [-0.4, -0.2) is 21.6 Å². The van der Waals surface area contributed by atoms with E-state index in [0.717, 1.165) is 20.1 Å². The number of non-ortho nitro benzene ring substituents is 1. The molecule has 0 aliphatic rings. The molecule has 0 saturated heterocycles. The predicted molar refractivity (Wildman–Crippen MR) is 95.3 cm³/mol. The normalized spacial score (nSPS) is 10.7. The van der Waals surface area contributed by atoms with Gasteiger partial charge in [0.25, 0.3) is 5.69 Å². The summed E-state index contributed by atoms with van der Waals surface area (Å²) in [5.41, 5.74) is 1.80. The number of benzene rings is 2. The van der Waals surface area contributed by atoms with Crippen molar-refractivity contribution in [2.45, 2.75) is 10.9 Å². The zero-order chi connectivity index (χ0) is 16.9. The third-order valence-electron chi connectivity index (χ3n) is 3.24. The fraction of sp³-hybridized carbons (Fsp3) is 0.125. The van der Waals surface area contributed by atoms with Crippen molar-refractivity contribution in [2.75, 3.05) is 5.75 Å². The van der Waals surface area contributed by atoms with Gasteiger partial charge in [0.1, 0.15) is 0 Å². The molecule has 0 aliphatic heterocycles. The van der Waals surface area contributed by atoms with Gasteiger partial charge in [0.15, 0.2) is 4.34 Å². The largest absolute Gasteiger partial charge is 0.351 e. The molecule has 1 N–H and O–H groups in total. The average Bonchev–Trinajstić information content (AvgIpc) is 3.01. The van der Waals surface area contributed by atoms with Crippen LogP contribution in [0.5, 0.6) is 0 Å². The number of hydrogen-bond acceptors (Lipinski definition) is 6. The van der Waals surface area contributed by atoms with Gasteiger partial charge in [-0.05, 0) is 17.7 Å². The number of aromatic nitrogens is 1. The van der Waals surface area contributed by atoms with Crippen molar-refractivity contribution in [3.8, 4) is 0 Å². The van der Waals surface area contributed by atoms with Gasteiger partial charge < -0.3 is 5.32 Å². The molecule has 0 aliphatic carbocycles. The molecule has 6 nitrogen and oxygen atoms in total. The topological polar surface area (TPSA) is 85.1 Å². The van der Waals surface area contributed by atoms with Crippen LogP contribution in [-0.2, 0) is 11.3 Å². The minimum Gasteiger partial charge on any atom is -0.351 e. The standard InChI is InChI=1S/C16H13N3O3S2/c20-15(17-9-11-5-7-12(8-6-11)19(21)22)10-23-16-18-13-3-1-2-4-14(13)24-16/h1-8H,9-10H2,(H,17,20). The van der Waals surface area contributed by atoms with E-state index in [0.29, 0.717) is 6.54 Å². The van der Waals surface area contributed by atoms with Crippen LogP contribution >= 0.6 is 23.1 Å². The van der Waals surface area contributed by atoms with Crippen LogP contribution in [0.3, 0.4) is 0 Å². The van der Waals surface area contributed by atoms with E-state index in [2.05, 4.69) is 10.3 Å². The Balaban J connectivity index is 1.49. The molecule has 8 heteroatoms. The van der Waals surface area contributed by atoms with Crippen molar-refractivity contribution in [3.63, 3.8) is 0 Å². The number of nitrogens with one attached hydrogen (secondary N) is 1.